The van der Waals surface area contributed by atoms with E-state index in [-0.39, 0.29) is 17.0 Å². The topological polar surface area (TPSA) is 120 Å². The maximum atomic E-state index is 12.9. The molecule has 1 saturated heterocycles. The number of aromatic nitrogens is 2. The molecule has 0 aliphatic carbocycles. The lowest BCUT2D eigenvalue weighted by Crippen LogP contribution is -2.41. The van der Waals surface area contributed by atoms with E-state index in [0.717, 1.165) is 0 Å². The van der Waals surface area contributed by atoms with Gasteiger partial charge in [0, 0.05) is 31.0 Å². The number of nitrogens with one attached hydrogen (secondary N) is 1. The minimum Gasteiger partial charge on any atom is -0.474 e. The third-order valence-electron chi connectivity index (χ3n) is 4.40. The number of carbonyl (C=O) groups is 1. The van der Waals surface area contributed by atoms with Crippen LogP contribution in [0.2, 0.25) is 0 Å². The minimum atomic E-state index is -3.63. The van der Waals surface area contributed by atoms with E-state index >= 15 is 0 Å². The van der Waals surface area contributed by atoms with E-state index < -0.39 is 16.1 Å². The van der Waals surface area contributed by atoms with Crippen molar-refractivity contribution in [2.45, 2.75) is 23.8 Å². The van der Waals surface area contributed by atoms with Crippen molar-refractivity contribution in [3.05, 3.63) is 36.5 Å². The lowest BCUT2D eigenvalue weighted by Gasteiger charge is -2.31. The van der Waals surface area contributed by atoms with Gasteiger partial charge in [-0.05, 0) is 37.1 Å². The van der Waals surface area contributed by atoms with Gasteiger partial charge in [0.25, 0.3) is 0 Å². The van der Waals surface area contributed by atoms with Crippen LogP contribution in [0.15, 0.2) is 41.4 Å². The third-order valence-corrected chi connectivity index (χ3v) is 6.32. The van der Waals surface area contributed by atoms with Crippen molar-refractivity contribution in [1.82, 2.24) is 14.3 Å². The number of carbonyl (C=O) groups excluding carboxylic acids is 1. The fourth-order valence-electron chi connectivity index (χ4n) is 2.88. The van der Waals surface area contributed by atoms with E-state index in [9.17, 15) is 13.2 Å². The predicted octanol–water partition coefficient (Wildman–Crippen LogP) is 1.90. The molecule has 0 radical (unpaired) electrons. The smallest absolute Gasteiger partial charge is 0.411 e. The minimum absolute atomic E-state index is 0.146. The molecule has 1 aliphatic rings. The van der Waals surface area contributed by atoms with E-state index in [4.69, 9.17) is 9.47 Å². The Balaban J connectivity index is 1.59. The summed E-state index contributed by atoms with van der Waals surface area (Å²) in [6.07, 6.45) is 1.84. The van der Waals surface area contributed by atoms with E-state index in [1.165, 1.54) is 42.8 Å². The van der Waals surface area contributed by atoms with Gasteiger partial charge >= 0.3 is 12.1 Å². The molecule has 3 rings (SSSR count). The number of anilines is 1. The molecule has 29 heavy (non-hydrogen) atoms. The molecular weight excluding hydrogens is 400 g/mol. The fraction of sp³-hybridized carbons (Fsp3) is 0.389. The Bertz CT molecular complexity index is 943. The van der Waals surface area contributed by atoms with Gasteiger partial charge in [-0.1, -0.05) is 0 Å². The Morgan fingerprint density at radius 2 is 1.83 bits per heavy atom. The maximum absolute atomic E-state index is 12.9. The summed E-state index contributed by atoms with van der Waals surface area (Å²) < 4.78 is 42.5. The summed E-state index contributed by atoms with van der Waals surface area (Å²) in [6.45, 7) is 0.661. The molecule has 0 unspecified atom stereocenters. The van der Waals surface area contributed by atoms with Gasteiger partial charge in [-0.2, -0.15) is 9.29 Å². The van der Waals surface area contributed by atoms with E-state index in [2.05, 4.69) is 20.0 Å². The van der Waals surface area contributed by atoms with Crippen LogP contribution in [-0.2, 0) is 14.8 Å². The number of piperidine rings is 1. The highest BCUT2D eigenvalue weighted by atomic mass is 32.2. The Labute approximate surface area is 168 Å². The lowest BCUT2D eigenvalue weighted by molar-refractivity contribution is 0.128. The quantitative estimate of drug-likeness (QED) is 0.749. The summed E-state index contributed by atoms with van der Waals surface area (Å²) in [5, 5.41) is 2.48. The van der Waals surface area contributed by atoms with Crippen molar-refractivity contribution in [1.29, 1.82) is 0 Å². The molecule has 11 heteroatoms. The van der Waals surface area contributed by atoms with E-state index in [1.54, 1.807) is 12.3 Å². The van der Waals surface area contributed by atoms with Crippen LogP contribution in [0.4, 0.5) is 10.5 Å². The first-order valence-corrected chi connectivity index (χ1v) is 10.4. The van der Waals surface area contributed by atoms with Crippen molar-refractivity contribution in [2.75, 3.05) is 32.6 Å². The van der Waals surface area contributed by atoms with Crippen molar-refractivity contribution in [3.8, 4) is 11.9 Å². The number of hydrogen-bond acceptors (Lipinski definition) is 8. The van der Waals surface area contributed by atoms with Crippen LogP contribution in [0, 0.1) is 0 Å². The molecule has 1 aliphatic heterocycles. The molecule has 0 atom stereocenters. The van der Waals surface area contributed by atoms with Gasteiger partial charge in [-0.15, -0.1) is 0 Å². The number of sulfonamides is 1. The summed E-state index contributed by atoms with van der Waals surface area (Å²) in [5.74, 6) is 0.395. The molecule has 1 fully saturated rings. The van der Waals surface area contributed by atoms with Crippen LogP contribution in [0.3, 0.4) is 0 Å². The Kier molecular flexibility index (Phi) is 6.49. The highest BCUT2D eigenvalue weighted by Gasteiger charge is 2.30. The number of ether oxygens (including phenoxy) is 3. The van der Waals surface area contributed by atoms with Crippen LogP contribution in [-0.4, -0.2) is 62.2 Å². The summed E-state index contributed by atoms with van der Waals surface area (Å²) >= 11 is 0. The lowest BCUT2D eigenvalue weighted by atomic mass is 10.1. The zero-order valence-electron chi connectivity index (χ0n) is 16.1. The fourth-order valence-corrected chi connectivity index (χ4v) is 4.35. The molecular formula is C18H22N4O6S. The number of rotatable bonds is 6. The van der Waals surface area contributed by atoms with Crippen LogP contribution >= 0.6 is 0 Å². The van der Waals surface area contributed by atoms with Crippen LogP contribution in [0.25, 0.3) is 0 Å². The SMILES string of the molecule is COC(=O)Nc1ccc(S(=O)(=O)N2CCC(Oc3ccnc(OC)n3)CC2)cc1. The third kappa shape index (κ3) is 5.12. The zero-order valence-corrected chi connectivity index (χ0v) is 16.9. The molecule has 1 N–H and O–H groups in total. The van der Waals surface area contributed by atoms with Crippen molar-refractivity contribution < 1.29 is 27.4 Å². The molecule has 0 spiro atoms. The first-order chi connectivity index (χ1) is 13.9. The van der Waals surface area contributed by atoms with E-state index in [0.29, 0.717) is 37.5 Å². The molecule has 2 heterocycles. The van der Waals surface area contributed by atoms with Gasteiger partial charge in [0.1, 0.15) is 6.10 Å². The second-order valence-corrected chi connectivity index (χ2v) is 8.18. The summed E-state index contributed by atoms with van der Waals surface area (Å²) in [6, 6.07) is 7.79. The second kappa shape index (κ2) is 9.05. The van der Waals surface area contributed by atoms with Gasteiger partial charge in [0.2, 0.25) is 15.9 Å². The number of nitrogens with zero attached hydrogens (tertiary/aromatic N) is 3. The molecule has 2 aromatic rings. The maximum Gasteiger partial charge on any atom is 0.411 e. The molecule has 0 bridgehead atoms. The van der Waals surface area contributed by atoms with Crippen molar-refractivity contribution >= 4 is 21.8 Å². The first-order valence-electron chi connectivity index (χ1n) is 8.91. The summed E-state index contributed by atoms with van der Waals surface area (Å²) in [7, 11) is -0.906. The van der Waals surface area contributed by atoms with Gasteiger partial charge in [-0.25, -0.2) is 18.2 Å². The zero-order chi connectivity index (χ0) is 20.9. The standard InChI is InChI=1S/C18H22N4O6S/c1-26-17-19-10-7-16(21-17)28-14-8-11-22(12-9-14)29(24,25)15-5-3-13(4-6-15)20-18(23)27-2/h3-7,10,14H,8-9,11-12H2,1-2H3,(H,20,23). The van der Waals surface area contributed by atoms with Gasteiger partial charge in [0.15, 0.2) is 0 Å². The monoisotopic (exact) mass is 422 g/mol. The van der Waals surface area contributed by atoms with Crippen LogP contribution in [0.1, 0.15) is 12.8 Å². The Morgan fingerprint density at radius 3 is 2.45 bits per heavy atom. The van der Waals surface area contributed by atoms with Gasteiger partial charge < -0.3 is 14.2 Å². The van der Waals surface area contributed by atoms with Crippen LogP contribution in [0.5, 0.6) is 11.9 Å². The molecule has 10 nitrogen and oxygen atoms in total. The first kappa shape index (κ1) is 20.8. The average molecular weight is 422 g/mol. The number of methoxy groups -OCH3 is 2. The molecule has 1 amide bonds. The van der Waals surface area contributed by atoms with Crippen molar-refractivity contribution in [3.63, 3.8) is 0 Å². The highest BCUT2D eigenvalue weighted by molar-refractivity contribution is 7.89. The summed E-state index contributed by atoms with van der Waals surface area (Å²) in [4.78, 5) is 19.4. The Morgan fingerprint density at radius 1 is 1.14 bits per heavy atom. The molecule has 0 saturated carbocycles. The second-order valence-electron chi connectivity index (χ2n) is 6.24. The van der Waals surface area contributed by atoms with E-state index in [1.807, 2.05) is 0 Å². The average Bonchev–Trinajstić information content (AvgIpc) is 2.74. The number of amides is 1. The molecule has 1 aromatic heterocycles. The number of hydrogen-bond donors (Lipinski definition) is 1. The van der Waals surface area contributed by atoms with Crippen molar-refractivity contribution in [2.24, 2.45) is 0 Å². The van der Waals surface area contributed by atoms with Gasteiger partial charge in [0.05, 0.1) is 19.1 Å². The number of benzene rings is 1. The molecule has 156 valence electrons. The van der Waals surface area contributed by atoms with Crippen LogP contribution < -0.4 is 14.8 Å². The summed E-state index contributed by atoms with van der Waals surface area (Å²) in [5.41, 5.74) is 0.447. The van der Waals surface area contributed by atoms with Gasteiger partial charge in [-0.3, -0.25) is 5.32 Å². The highest BCUT2D eigenvalue weighted by Crippen LogP contribution is 2.24. The largest absolute Gasteiger partial charge is 0.474 e. The Hall–Kier alpha value is -2.92. The normalized spacial score (nSPS) is 15.5. The molecule has 1 aromatic carbocycles. The predicted molar refractivity (Wildman–Crippen MR) is 103 cm³/mol.